The van der Waals surface area contributed by atoms with Gasteiger partial charge in [0.25, 0.3) is 0 Å². The van der Waals surface area contributed by atoms with Gasteiger partial charge in [-0.05, 0) is 15.9 Å². The van der Waals surface area contributed by atoms with Crippen molar-refractivity contribution in [1.82, 2.24) is 5.16 Å². The van der Waals surface area contributed by atoms with Gasteiger partial charge in [0.2, 0.25) is 12.7 Å². The molecule has 2 N–H and O–H groups in total. The summed E-state index contributed by atoms with van der Waals surface area (Å²) in [5.74, 6) is 0.290. The minimum Gasteiger partial charge on any atom is -0.454 e. The fourth-order valence-corrected chi connectivity index (χ4v) is 2.07. The normalized spacial score (nSPS) is 13.1. The minimum absolute atomic E-state index is 0.0275. The SMILES string of the molecule is Nc1oncc1-c1c(F)c(Br)cc2c1OCO2. The van der Waals surface area contributed by atoms with Gasteiger partial charge in [0.15, 0.2) is 11.5 Å². The van der Waals surface area contributed by atoms with Gasteiger partial charge in [-0.1, -0.05) is 5.16 Å². The van der Waals surface area contributed by atoms with Crippen molar-refractivity contribution in [3.63, 3.8) is 0 Å². The third-order valence-corrected chi connectivity index (χ3v) is 3.00. The van der Waals surface area contributed by atoms with Crippen LogP contribution < -0.4 is 15.2 Å². The van der Waals surface area contributed by atoms with Gasteiger partial charge in [-0.15, -0.1) is 0 Å². The molecule has 0 unspecified atom stereocenters. The number of ether oxygens (including phenoxy) is 2. The predicted molar refractivity (Wildman–Crippen MR) is 60.1 cm³/mol. The van der Waals surface area contributed by atoms with Gasteiger partial charge < -0.3 is 19.7 Å². The maximum absolute atomic E-state index is 14.1. The van der Waals surface area contributed by atoms with Gasteiger partial charge >= 0.3 is 0 Å². The molecule has 0 saturated heterocycles. The summed E-state index contributed by atoms with van der Waals surface area (Å²) >= 11 is 3.11. The second kappa shape index (κ2) is 3.63. The molecule has 17 heavy (non-hydrogen) atoms. The van der Waals surface area contributed by atoms with E-state index in [0.717, 1.165) is 0 Å². The molecule has 0 amide bonds. The lowest BCUT2D eigenvalue weighted by Gasteiger charge is -2.07. The summed E-state index contributed by atoms with van der Waals surface area (Å²) in [5.41, 5.74) is 6.10. The topological polar surface area (TPSA) is 70.5 Å². The van der Waals surface area contributed by atoms with Crippen LogP contribution in [0.3, 0.4) is 0 Å². The Labute approximate surface area is 103 Å². The fraction of sp³-hybridized carbons (Fsp3) is 0.100. The molecular weight excluding hydrogens is 295 g/mol. The summed E-state index contributed by atoms with van der Waals surface area (Å²) in [5, 5.41) is 3.52. The minimum atomic E-state index is -0.496. The first kappa shape index (κ1) is 10.4. The van der Waals surface area contributed by atoms with Crippen molar-refractivity contribution in [3.05, 3.63) is 22.6 Å². The van der Waals surface area contributed by atoms with Gasteiger partial charge in [-0.25, -0.2) is 4.39 Å². The van der Waals surface area contributed by atoms with E-state index >= 15 is 0 Å². The fourth-order valence-electron chi connectivity index (χ4n) is 1.67. The Kier molecular flexibility index (Phi) is 2.22. The number of hydrogen-bond acceptors (Lipinski definition) is 5. The lowest BCUT2D eigenvalue weighted by Crippen LogP contribution is -1.95. The summed E-state index contributed by atoms with van der Waals surface area (Å²) in [7, 11) is 0. The standard InChI is InChI=1S/C10H6BrFN2O3/c11-5-1-6-9(16-3-15-6)7(8(5)12)4-2-14-17-10(4)13/h1-2H,3,13H2. The van der Waals surface area contributed by atoms with E-state index in [9.17, 15) is 4.39 Å². The van der Waals surface area contributed by atoms with Crippen LogP contribution in [-0.4, -0.2) is 11.9 Å². The van der Waals surface area contributed by atoms with Crippen molar-refractivity contribution in [2.75, 3.05) is 12.5 Å². The van der Waals surface area contributed by atoms with Crippen molar-refractivity contribution in [2.45, 2.75) is 0 Å². The number of rotatable bonds is 1. The van der Waals surface area contributed by atoms with Crippen LogP contribution in [-0.2, 0) is 0 Å². The molecule has 3 rings (SSSR count). The Morgan fingerprint density at radius 1 is 1.41 bits per heavy atom. The molecule has 7 heteroatoms. The summed E-state index contributed by atoms with van der Waals surface area (Å²) in [6, 6.07) is 1.50. The lowest BCUT2D eigenvalue weighted by molar-refractivity contribution is 0.174. The average molecular weight is 301 g/mol. The molecule has 1 aliphatic rings. The van der Waals surface area contributed by atoms with Crippen molar-refractivity contribution in [3.8, 4) is 22.6 Å². The van der Waals surface area contributed by atoms with E-state index < -0.39 is 5.82 Å². The zero-order valence-corrected chi connectivity index (χ0v) is 9.95. The molecule has 2 aromatic rings. The smallest absolute Gasteiger partial charge is 0.231 e. The Morgan fingerprint density at radius 2 is 2.24 bits per heavy atom. The third kappa shape index (κ3) is 1.46. The summed E-state index contributed by atoms with van der Waals surface area (Å²) < 4.78 is 29.5. The average Bonchev–Trinajstić information content (AvgIpc) is 2.89. The molecule has 1 aliphatic heterocycles. The highest BCUT2D eigenvalue weighted by Crippen LogP contribution is 2.47. The van der Waals surface area contributed by atoms with E-state index in [1.54, 1.807) is 0 Å². The van der Waals surface area contributed by atoms with E-state index in [0.29, 0.717) is 17.1 Å². The van der Waals surface area contributed by atoms with Crippen LogP contribution in [0.25, 0.3) is 11.1 Å². The first-order chi connectivity index (χ1) is 8.18. The molecule has 88 valence electrons. The second-order valence-corrected chi connectivity index (χ2v) is 4.24. The number of fused-ring (bicyclic) bond motifs is 1. The molecule has 0 atom stereocenters. The van der Waals surface area contributed by atoms with E-state index in [1.807, 2.05) is 0 Å². The molecule has 0 fully saturated rings. The van der Waals surface area contributed by atoms with Crippen LogP contribution >= 0.6 is 15.9 Å². The Morgan fingerprint density at radius 3 is 2.94 bits per heavy atom. The summed E-state index contributed by atoms with van der Waals surface area (Å²) in [6.45, 7) is 0.0451. The third-order valence-electron chi connectivity index (χ3n) is 2.42. The van der Waals surface area contributed by atoms with Crippen LogP contribution in [0, 0.1) is 5.82 Å². The van der Waals surface area contributed by atoms with Crippen molar-refractivity contribution >= 4 is 21.8 Å². The highest BCUT2D eigenvalue weighted by Gasteiger charge is 2.27. The van der Waals surface area contributed by atoms with Gasteiger partial charge in [-0.2, -0.15) is 0 Å². The molecule has 0 saturated carbocycles. The summed E-state index contributed by atoms with van der Waals surface area (Å²) in [4.78, 5) is 0. The molecule has 0 aliphatic carbocycles. The molecule has 0 radical (unpaired) electrons. The van der Waals surface area contributed by atoms with Crippen LogP contribution in [0.1, 0.15) is 0 Å². The number of halogens is 2. The largest absolute Gasteiger partial charge is 0.454 e. The Hall–Kier alpha value is -1.76. The van der Waals surface area contributed by atoms with E-state index in [4.69, 9.17) is 19.7 Å². The van der Waals surface area contributed by atoms with Gasteiger partial charge in [0, 0.05) is 6.07 Å². The highest BCUT2D eigenvalue weighted by molar-refractivity contribution is 9.10. The number of hydrogen-bond donors (Lipinski definition) is 1. The number of nitrogens with zero attached hydrogens (tertiary/aromatic N) is 1. The lowest BCUT2D eigenvalue weighted by atomic mass is 10.1. The summed E-state index contributed by atoms with van der Waals surface area (Å²) in [6.07, 6.45) is 1.34. The molecule has 0 bridgehead atoms. The first-order valence-electron chi connectivity index (χ1n) is 4.66. The Bertz CT molecular complexity index is 599. The monoisotopic (exact) mass is 300 g/mol. The number of aromatic nitrogens is 1. The van der Waals surface area contributed by atoms with Crippen LogP contribution in [0.15, 0.2) is 21.3 Å². The zero-order valence-electron chi connectivity index (χ0n) is 8.37. The molecule has 2 heterocycles. The van der Waals surface area contributed by atoms with Crippen molar-refractivity contribution in [1.29, 1.82) is 0 Å². The highest BCUT2D eigenvalue weighted by atomic mass is 79.9. The second-order valence-electron chi connectivity index (χ2n) is 3.38. The van der Waals surface area contributed by atoms with Gasteiger partial charge in [0.1, 0.15) is 5.82 Å². The van der Waals surface area contributed by atoms with Crippen LogP contribution in [0.2, 0.25) is 0 Å². The van der Waals surface area contributed by atoms with Crippen molar-refractivity contribution < 1.29 is 18.4 Å². The predicted octanol–water partition coefficient (Wildman–Crippen LogP) is 2.55. The van der Waals surface area contributed by atoms with E-state index in [2.05, 4.69) is 21.1 Å². The number of nitrogens with two attached hydrogens (primary N) is 1. The maximum atomic E-state index is 14.1. The Balaban J connectivity index is 2.33. The van der Waals surface area contributed by atoms with E-state index in [-0.39, 0.29) is 22.7 Å². The number of benzene rings is 1. The van der Waals surface area contributed by atoms with E-state index in [1.165, 1.54) is 12.3 Å². The molecular formula is C10H6BrFN2O3. The van der Waals surface area contributed by atoms with Crippen molar-refractivity contribution in [2.24, 2.45) is 0 Å². The van der Waals surface area contributed by atoms with Crippen LogP contribution in [0.4, 0.5) is 10.3 Å². The quantitative estimate of drug-likeness (QED) is 0.876. The first-order valence-corrected chi connectivity index (χ1v) is 5.46. The van der Waals surface area contributed by atoms with Gasteiger partial charge in [0.05, 0.1) is 21.8 Å². The molecule has 1 aromatic carbocycles. The number of nitrogen functional groups attached to an aromatic ring is 1. The molecule has 0 spiro atoms. The molecule has 1 aromatic heterocycles. The van der Waals surface area contributed by atoms with Crippen LogP contribution in [0.5, 0.6) is 11.5 Å². The number of anilines is 1. The molecule has 5 nitrogen and oxygen atoms in total. The van der Waals surface area contributed by atoms with Gasteiger partial charge in [-0.3, -0.25) is 0 Å². The maximum Gasteiger partial charge on any atom is 0.231 e. The zero-order chi connectivity index (χ0) is 12.0.